The summed E-state index contributed by atoms with van der Waals surface area (Å²) in [5.74, 6) is 0. The van der Waals surface area contributed by atoms with Gasteiger partial charge in [0.05, 0.1) is 6.61 Å². The van der Waals surface area contributed by atoms with Crippen molar-refractivity contribution in [1.82, 2.24) is 0 Å². The highest BCUT2D eigenvalue weighted by molar-refractivity contribution is 4.52. The highest BCUT2D eigenvalue weighted by atomic mass is 19.1. The molecule has 1 radical (unpaired) electrons. The summed E-state index contributed by atoms with van der Waals surface area (Å²) in [4.78, 5) is 0. The van der Waals surface area contributed by atoms with Crippen molar-refractivity contribution in [3.05, 3.63) is 6.92 Å². The molecule has 0 aromatic rings. The minimum atomic E-state index is -1.03. The van der Waals surface area contributed by atoms with E-state index >= 15 is 0 Å². The molecule has 0 amide bonds. The SMILES string of the molecule is [CH2]COCC(F)CN. The summed E-state index contributed by atoms with van der Waals surface area (Å²) in [5, 5.41) is 0. The Kier molecular flexibility index (Phi) is 4.90. The second-order valence-corrected chi connectivity index (χ2v) is 1.41. The van der Waals surface area contributed by atoms with E-state index in [1.54, 1.807) is 0 Å². The first-order chi connectivity index (χ1) is 3.81. The molecule has 0 aromatic heterocycles. The van der Waals surface area contributed by atoms with E-state index in [0.717, 1.165) is 0 Å². The lowest BCUT2D eigenvalue weighted by Gasteiger charge is -2.02. The Bertz CT molecular complexity index is 51.7. The Morgan fingerprint density at radius 3 is 2.75 bits per heavy atom. The summed E-state index contributed by atoms with van der Waals surface area (Å²) in [7, 11) is 0. The summed E-state index contributed by atoms with van der Waals surface area (Å²) >= 11 is 0. The van der Waals surface area contributed by atoms with E-state index in [0.29, 0.717) is 6.61 Å². The van der Waals surface area contributed by atoms with Crippen LogP contribution in [0.15, 0.2) is 0 Å². The Hall–Kier alpha value is -0.150. The molecule has 2 N–H and O–H groups in total. The van der Waals surface area contributed by atoms with Gasteiger partial charge in [0.2, 0.25) is 0 Å². The minimum Gasteiger partial charge on any atom is -0.378 e. The van der Waals surface area contributed by atoms with Gasteiger partial charge in [-0.15, -0.1) is 0 Å². The monoisotopic (exact) mass is 120 g/mol. The fraction of sp³-hybridized carbons (Fsp3) is 0.800. The molecule has 0 saturated heterocycles. The standard InChI is InChI=1S/C5H11FNO/c1-2-8-4-5(6)3-7/h5H,1-4,7H2. The zero-order chi connectivity index (χ0) is 6.41. The van der Waals surface area contributed by atoms with Crippen LogP contribution in [0.4, 0.5) is 4.39 Å². The van der Waals surface area contributed by atoms with E-state index in [1.165, 1.54) is 0 Å². The summed E-state index contributed by atoms with van der Waals surface area (Å²) in [5.41, 5.74) is 4.94. The predicted molar refractivity (Wildman–Crippen MR) is 30.1 cm³/mol. The molecule has 49 valence electrons. The van der Waals surface area contributed by atoms with Crippen LogP contribution in [0.25, 0.3) is 0 Å². The molecule has 2 nitrogen and oxygen atoms in total. The van der Waals surface area contributed by atoms with Crippen molar-refractivity contribution in [3.8, 4) is 0 Å². The topological polar surface area (TPSA) is 35.2 Å². The average molecular weight is 120 g/mol. The second-order valence-electron chi connectivity index (χ2n) is 1.41. The molecule has 1 atom stereocenters. The minimum absolute atomic E-state index is 0.0278. The van der Waals surface area contributed by atoms with Gasteiger partial charge in [-0.1, -0.05) is 0 Å². The summed E-state index contributed by atoms with van der Waals surface area (Å²) in [6.07, 6.45) is -1.03. The lowest BCUT2D eigenvalue weighted by molar-refractivity contribution is 0.102. The van der Waals surface area contributed by atoms with Gasteiger partial charge in [-0.3, -0.25) is 0 Å². The van der Waals surface area contributed by atoms with Crippen molar-refractivity contribution in [2.24, 2.45) is 5.73 Å². The summed E-state index contributed by atoms with van der Waals surface area (Å²) in [6.45, 7) is 3.77. The predicted octanol–water partition coefficient (Wildman–Crippen LogP) is 0.134. The van der Waals surface area contributed by atoms with Gasteiger partial charge in [0.15, 0.2) is 0 Å². The third-order valence-electron chi connectivity index (χ3n) is 0.699. The second kappa shape index (κ2) is 5.00. The number of halogens is 1. The van der Waals surface area contributed by atoms with Gasteiger partial charge in [0, 0.05) is 13.2 Å². The molecule has 0 aromatic carbocycles. The van der Waals surface area contributed by atoms with Gasteiger partial charge in [-0.2, -0.15) is 0 Å². The molecule has 0 aliphatic heterocycles. The zero-order valence-electron chi connectivity index (χ0n) is 4.77. The average Bonchev–Trinajstić information content (AvgIpc) is 1.83. The lowest BCUT2D eigenvalue weighted by atomic mass is 10.4. The number of hydrogen-bond acceptors (Lipinski definition) is 2. The van der Waals surface area contributed by atoms with E-state index in [9.17, 15) is 4.39 Å². The van der Waals surface area contributed by atoms with Crippen molar-refractivity contribution >= 4 is 0 Å². The number of rotatable bonds is 4. The van der Waals surface area contributed by atoms with Crippen LogP contribution >= 0.6 is 0 Å². The molecule has 0 bridgehead atoms. The molecular formula is C5H11FNO. The van der Waals surface area contributed by atoms with Crippen LogP contribution in [0.5, 0.6) is 0 Å². The van der Waals surface area contributed by atoms with Gasteiger partial charge in [-0.25, -0.2) is 4.39 Å². The molecule has 0 aliphatic carbocycles. The van der Waals surface area contributed by atoms with Crippen LogP contribution in [0.3, 0.4) is 0 Å². The molecule has 0 saturated carbocycles. The summed E-state index contributed by atoms with van der Waals surface area (Å²) in [6, 6.07) is 0. The first-order valence-corrected chi connectivity index (χ1v) is 2.52. The van der Waals surface area contributed by atoms with Gasteiger partial charge in [0.1, 0.15) is 6.17 Å². The number of hydrogen-bond donors (Lipinski definition) is 1. The molecule has 8 heavy (non-hydrogen) atoms. The van der Waals surface area contributed by atoms with Crippen LogP contribution < -0.4 is 5.73 Å². The Morgan fingerprint density at radius 1 is 1.75 bits per heavy atom. The highest BCUT2D eigenvalue weighted by Crippen LogP contribution is 1.86. The van der Waals surface area contributed by atoms with Crippen LogP contribution in [-0.4, -0.2) is 25.9 Å². The molecule has 0 aliphatic rings. The van der Waals surface area contributed by atoms with Crippen LogP contribution in [0.2, 0.25) is 0 Å². The quantitative estimate of drug-likeness (QED) is 0.572. The third kappa shape index (κ3) is 4.02. The van der Waals surface area contributed by atoms with Gasteiger partial charge < -0.3 is 10.5 Å². The first-order valence-electron chi connectivity index (χ1n) is 2.52. The molecule has 0 rings (SSSR count). The molecule has 0 fully saturated rings. The van der Waals surface area contributed by atoms with Crippen LogP contribution in [-0.2, 0) is 4.74 Å². The van der Waals surface area contributed by atoms with E-state index < -0.39 is 6.17 Å². The fourth-order valence-corrected chi connectivity index (χ4v) is 0.279. The Labute approximate surface area is 48.8 Å². The van der Waals surface area contributed by atoms with E-state index in [2.05, 4.69) is 11.7 Å². The summed E-state index contributed by atoms with van der Waals surface area (Å²) < 4.78 is 16.7. The fourth-order valence-electron chi connectivity index (χ4n) is 0.279. The maximum Gasteiger partial charge on any atom is 0.135 e. The molecule has 0 spiro atoms. The van der Waals surface area contributed by atoms with Crippen molar-refractivity contribution in [2.75, 3.05) is 19.8 Å². The number of nitrogens with two attached hydrogens (primary N) is 1. The van der Waals surface area contributed by atoms with Crippen molar-refractivity contribution in [2.45, 2.75) is 6.17 Å². The van der Waals surface area contributed by atoms with Crippen molar-refractivity contribution < 1.29 is 9.13 Å². The van der Waals surface area contributed by atoms with Gasteiger partial charge in [0.25, 0.3) is 0 Å². The van der Waals surface area contributed by atoms with Crippen LogP contribution in [0.1, 0.15) is 0 Å². The van der Waals surface area contributed by atoms with Crippen molar-refractivity contribution in [1.29, 1.82) is 0 Å². The Morgan fingerprint density at radius 2 is 2.38 bits per heavy atom. The number of alkyl halides is 1. The Balaban J connectivity index is 2.86. The largest absolute Gasteiger partial charge is 0.378 e. The molecule has 0 heterocycles. The van der Waals surface area contributed by atoms with Gasteiger partial charge >= 0.3 is 0 Å². The van der Waals surface area contributed by atoms with E-state index in [1.807, 2.05) is 0 Å². The first kappa shape index (κ1) is 7.85. The third-order valence-corrected chi connectivity index (χ3v) is 0.699. The van der Waals surface area contributed by atoms with E-state index in [4.69, 9.17) is 5.73 Å². The van der Waals surface area contributed by atoms with Crippen molar-refractivity contribution in [3.63, 3.8) is 0 Å². The molecule has 3 heteroatoms. The van der Waals surface area contributed by atoms with Gasteiger partial charge in [-0.05, 0) is 6.92 Å². The zero-order valence-corrected chi connectivity index (χ0v) is 4.77. The highest BCUT2D eigenvalue weighted by Gasteiger charge is 2.00. The van der Waals surface area contributed by atoms with E-state index in [-0.39, 0.29) is 13.2 Å². The van der Waals surface area contributed by atoms with Crippen LogP contribution in [0, 0.1) is 6.92 Å². The maximum absolute atomic E-state index is 12.0. The molecule has 1 unspecified atom stereocenters. The number of ether oxygens (including phenoxy) is 1. The maximum atomic E-state index is 12.0. The normalized spacial score (nSPS) is 13.9. The lowest BCUT2D eigenvalue weighted by Crippen LogP contribution is -2.20. The smallest absolute Gasteiger partial charge is 0.135 e. The molecular weight excluding hydrogens is 109 g/mol.